The van der Waals surface area contributed by atoms with Gasteiger partial charge in [0.05, 0.1) is 0 Å². The minimum absolute atomic E-state index is 0.192. The molecule has 4 nitrogen and oxygen atoms in total. The Hall–Kier alpha value is -2.23. The normalized spacial score (nSPS) is 9.87. The highest BCUT2D eigenvalue weighted by Gasteiger charge is 1.96. The number of anilines is 1. The summed E-state index contributed by atoms with van der Waals surface area (Å²) in [7, 11) is 0. The van der Waals surface area contributed by atoms with Gasteiger partial charge in [0.2, 0.25) is 0 Å². The smallest absolute Gasteiger partial charge is 0.251 e. The van der Waals surface area contributed by atoms with E-state index in [4.69, 9.17) is 10.5 Å². The summed E-state index contributed by atoms with van der Waals surface area (Å²) in [6.45, 7) is 0. The predicted octanol–water partition coefficient (Wildman–Crippen LogP) is 1.75. The molecule has 76 valence electrons. The molecule has 3 N–H and O–H groups in total. The van der Waals surface area contributed by atoms with E-state index in [9.17, 15) is 4.79 Å². The third kappa shape index (κ3) is 2.37. The molecule has 4 heteroatoms. The largest absolute Gasteiger partial charge is 0.457 e. The lowest BCUT2D eigenvalue weighted by Crippen LogP contribution is -2.02. The van der Waals surface area contributed by atoms with E-state index in [-0.39, 0.29) is 5.56 Å². The fraction of sp³-hybridized carbons (Fsp3) is 0. The Labute approximate surface area is 86.3 Å². The van der Waals surface area contributed by atoms with Crippen LogP contribution in [-0.2, 0) is 0 Å². The van der Waals surface area contributed by atoms with E-state index in [1.807, 2.05) is 0 Å². The number of aromatic nitrogens is 1. The molecule has 0 aliphatic heterocycles. The molecule has 0 radical (unpaired) electrons. The van der Waals surface area contributed by atoms with Gasteiger partial charge in [-0.2, -0.15) is 0 Å². The van der Waals surface area contributed by atoms with Gasteiger partial charge in [-0.3, -0.25) is 4.79 Å². The highest BCUT2D eigenvalue weighted by Crippen LogP contribution is 2.20. The van der Waals surface area contributed by atoms with Gasteiger partial charge in [-0.25, -0.2) is 0 Å². The number of ether oxygens (including phenoxy) is 1. The molecule has 0 aliphatic rings. The van der Waals surface area contributed by atoms with Gasteiger partial charge in [-0.1, -0.05) is 0 Å². The number of hydrogen-bond acceptors (Lipinski definition) is 3. The number of rotatable bonds is 2. The van der Waals surface area contributed by atoms with Gasteiger partial charge in [0.15, 0.2) is 0 Å². The third-order valence-electron chi connectivity index (χ3n) is 1.86. The van der Waals surface area contributed by atoms with Gasteiger partial charge in [-0.15, -0.1) is 0 Å². The van der Waals surface area contributed by atoms with E-state index in [1.165, 1.54) is 12.3 Å². The number of hydrogen-bond donors (Lipinski definition) is 2. The molecule has 0 amide bonds. The number of H-pyrrole nitrogens is 1. The molecular weight excluding hydrogens is 192 g/mol. The number of pyridine rings is 1. The van der Waals surface area contributed by atoms with Crippen LogP contribution in [0, 0.1) is 0 Å². The quantitative estimate of drug-likeness (QED) is 0.729. The van der Waals surface area contributed by atoms with Crippen molar-refractivity contribution in [3.8, 4) is 11.5 Å². The van der Waals surface area contributed by atoms with Gasteiger partial charge < -0.3 is 15.5 Å². The second kappa shape index (κ2) is 3.88. The first-order valence-corrected chi connectivity index (χ1v) is 4.46. The average molecular weight is 202 g/mol. The lowest BCUT2D eigenvalue weighted by molar-refractivity contribution is 0.481. The summed E-state index contributed by atoms with van der Waals surface area (Å²) in [5, 5.41) is 0. The molecule has 0 atom stereocenters. The molecule has 0 fully saturated rings. The highest BCUT2D eigenvalue weighted by molar-refractivity contribution is 5.42. The molecule has 1 aromatic heterocycles. The van der Waals surface area contributed by atoms with Crippen LogP contribution in [0.3, 0.4) is 0 Å². The second-order valence-corrected chi connectivity index (χ2v) is 3.06. The van der Waals surface area contributed by atoms with Crippen LogP contribution < -0.4 is 16.0 Å². The Morgan fingerprint density at radius 1 is 1.07 bits per heavy atom. The summed E-state index contributed by atoms with van der Waals surface area (Å²) in [5.74, 6) is 1.15. The van der Waals surface area contributed by atoms with Gasteiger partial charge >= 0.3 is 0 Å². The molecule has 0 spiro atoms. The fourth-order valence-electron chi connectivity index (χ4n) is 1.16. The van der Waals surface area contributed by atoms with Crippen molar-refractivity contribution in [1.82, 2.24) is 4.98 Å². The van der Waals surface area contributed by atoms with Crippen molar-refractivity contribution in [1.29, 1.82) is 0 Å². The van der Waals surface area contributed by atoms with Crippen molar-refractivity contribution in [3.05, 3.63) is 52.9 Å². The van der Waals surface area contributed by atoms with E-state index >= 15 is 0 Å². The zero-order chi connectivity index (χ0) is 10.7. The highest BCUT2D eigenvalue weighted by atomic mass is 16.5. The lowest BCUT2D eigenvalue weighted by Gasteiger charge is -2.04. The standard InChI is InChI=1S/C11H10N2O2/c12-8-1-3-9(4-2-8)15-10-5-6-13-11(14)7-10/h1-7H,12H2,(H,13,14). The predicted molar refractivity (Wildman–Crippen MR) is 58.0 cm³/mol. The fourth-order valence-corrected chi connectivity index (χ4v) is 1.16. The van der Waals surface area contributed by atoms with Crippen LogP contribution in [0.25, 0.3) is 0 Å². The first kappa shape index (κ1) is 9.33. The lowest BCUT2D eigenvalue weighted by atomic mass is 10.3. The number of benzene rings is 1. The van der Waals surface area contributed by atoms with Gasteiger partial charge in [-0.05, 0) is 30.3 Å². The van der Waals surface area contributed by atoms with Crippen molar-refractivity contribution >= 4 is 5.69 Å². The molecule has 0 bridgehead atoms. The summed E-state index contributed by atoms with van der Waals surface area (Å²) in [6, 6.07) is 10.0. The summed E-state index contributed by atoms with van der Waals surface area (Å²) >= 11 is 0. The SMILES string of the molecule is Nc1ccc(Oc2cc[nH]c(=O)c2)cc1. The average Bonchev–Trinajstić information content (AvgIpc) is 2.22. The van der Waals surface area contributed by atoms with Crippen molar-refractivity contribution in [2.75, 3.05) is 5.73 Å². The maximum absolute atomic E-state index is 11.0. The Kier molecular flexibility index (Phi) is 2.41. The number of nitrogen functional groups attached to an aromatic ring is 1. The zero-order valence-corrected chi connectivity index (χ0v) is 7.94. The van der Waals surface area contributed by atoms with Crippen LogP contribution in [0.1, 0.15) is 0 Å². The van der Waals surface area contributed by atoms with Gasteiger partial charge in [0.25, 0.3) is 5.56 Å². The molecule has 2 rings (SSSR count). The van der Waals surface area contributed by atoms with E-state index in [1.54, 1.807) is 30.3 Å². The molecule has 0 unspecified atom stereocenters. The Balaban J connectivity index is 2.22. The van der Waals surface area contributed by atoms with Crippen LogP contribution in [0.5, 0.6) is 11.5 Å². The van der Waals surface area contributed by atoms with E-state index in [0.717, 1.165) is 0 Å². The van der Waals surface area contributed by atoms with E-state index in [2.05, 4.69) is 4.98 Å². The van der Waals surface area contributed by atoms with Crippen molar-refractivity contribution in [2.24, 2.45) is 0 Å². The summed E-state index contributed by atoms with van der Waals surface area (Å²) in [5.41, 5.74) is 6.02. The zero-order valence-electron chi connectivity index (χ0n) is 7.94. The number of aromatic amines is 1. The van der Waals surface area contributed by atoms with Crippen molar-refractivity contribution in [3.63, 3.8) is 0 Å². The summed E-state index contributed by atoms with van der Waals surface area (Å²) < 4.78 is 5.44. The van der Waals surface area contributed by atoms with Crippen LogP contribution in [0.2, 0.25) is 0 Å². The summed E-state index contributed by atoms with van der Waals surface area (Å²) in [6.07, 6.45) is 1.54. The van der Waals surface area contributed by atoms with Crippen LogP contribution in [-0.4, -0.2) is 4.98 Å². The first-order chi connectivity index (χ1) is 7.24. The molecule has 2 aromatic rings. The van der Waals surface area contributed by atoms with Crippen LogP contribution in [0.15, 0.2) is 47.4 Å². The molecule has 1 heterocycles. The molecule has 0 aliphatic carbocycles. The van der Waals surface area contributed by atoms with Crippen molar-refractivity contribution in [2.45, 2.75) is 0 Å². The Bertz CT molecular complexity index is 502. The maximum Gasteiger partial charge on any atom is 0.251 e. The van der Waals surface area contributed by atoms with Gasteiger partial charge in [0, 0.05) is 18.0 Å². The number of nitrogens with one attached hydrogen (secondary N) is 1. The van der Waals surface area contributed by atoms with Gasteiger partial charge in [0.1, 0.15) is 11.5 Å². The number of nitrogens with two attached hydrogens (primary N) is 1. The topological polar surface area (TPSA) is 68.1 Å². The van der Waals surface area contributed by atoms with Crippen LogP contribution in [0.4, 0.5) is 5.69 Å². The molecule has 0 saturated carbocycles. The Morgan fingerprint density at radius 3 is 2.47 bits per heavy atom. The minimum atomic E-state index is -0.192. The minimum Gasteiger partial charge on any atom is -0.457 e. The monoisotopic (exact) mass is 202 g/mol. The van der Waals surface area contributed by atoms with E-state index in [0.29, 0.717) is 17.2 Å². The first-order valence-electron chi connectivity index (χ1n) is 4.46. The maximum atomic E-state index is 11.0. The van der Waals surface area contributed by atoms with E-state index < -0.39 is 0 Å². The molecule has 15 heavy (non-hydrogen) atoms. The Morgan fingerprint density at radius 2 is 1.80 bits per heavy atom. The molecule has 0 saturated heterocycles. The molecular formula is C11H10N2O2. The van der Waals surface area contributed by atoms with Crippen molar-refractivity contribution < 1.29 is 4.74 Å². The summed E-state index contributed by atoms with van der Waals surface area (Å²) in [4.78, 5) is 13.5. The second-order valence-electron chi connectivity index (χ2n) is 3.06. The third-order valence-corrected chi connectivity index (χ3v) is 1.86. The van der Waals surface area contributed by atoms with Crippen LogP contribution >= 0.6 is 0 Å². The molecule has 1 aromatic carbocycles.